The number of carbonyl (C=O) groups excluding carboxylic acids is 3. The molecule has 1 aliphatic rings. The van der Waals surface area contributed by atoms with Gasteiger partial charge in [-0.05, 0) is 12.1 Å². The van der Waals surface area contributed by atoms with Crippen molar-refractivity contribution in [3.63, 3.8) is 0 Å². The Hall–Kier alpha value is -2.74. The third-order valence-corrected chi connectivity index (χ3v) is 4.35. The van der Waals surface area contributed by atoms with Crippen LogP contribution < -0.4 is 15.5 Å². The second-order valence-electron chi connectivity index (χ2n) is 5.34. The van der Waals surface area contributed by atoms with Gasteiger partial charge in [-0.15, -0.1) is 11.3 Å². The van der Waals surface area contributed by atoms with Crippen LogP contribution in [0, 0.1) is 5.92 Å². The molecule has 1 unspecified atom stereocenters. The lowest BCUT2D eigenvalue weighted by molar-refractivity contribution is -0.127. The van der Waals surface area contributed by atoms with Gasteiger partial charge >= 0.3 is 0 Å². The first-order valence-electron chi connectivity index (χ1n) is 7.46. The quantitative estimate of drug-likeness (QED) is 0.854. The van der Waals surface area contributed by atoms with Gasteiger partial charge in [0.2, 0.25) is 17.7 Å². The zero-order valence-corrected chi connectivity index (χ0v) is 13.6. The lowest BCUT2D eigenvalue weighted by atomic mass is 10.1. The highest BCUT2D eigenvalue weighted by Gasteiger charge is 2.35. The number of nitrogens with one attached hydrogen (secondary N) is 2. The van der Waals surface area contributed by atoms with E-state index in [9.17, 15) is 14.4 Å². The summed E-state index contributed by atoms with van der Waals surface area (Å²) in [6.45, 7) is 0.178. The monoisotopic (exact) mass is 344 g/mol. The first kappa shape index (κ1) is 16.1. The van der Waals surface area contributed by atoms with Crippen LogP contribution in [0.3, 0.4) is 0 Å². The maximum atomic E-state index is 12.2. The highest BCUT2D eigenvalue weighted by Crippen LogP contribution is 2.24. The molecule has 1 aromatic carbocycles. The van der Waals surface area contributed by atoms with Crippen molar-refractivity contribution < 1.29 is 14.4 Å². The van der Waals surface area contributed by atoms with Gasteiger partial charge in [0.15, 0.2) is 5.13 Å². The molecule has 3 rings (SSSR count). The molecule has 1 aromatic heterocycles. The minimum Gasteiger partial charge on any atom is -0.347 e. The van der Waals surface area contributed by atoms with Gasteiger partial charge in [0.05, 0.1) is 12.5 Å². The minimum absolute atomic E-state index is 0.0893. The molecule has 0 bridgehead atoms. The number of benzene rings is 1. The van der Waals surface area contributed by atoms with Gasteiger partial charge in [0.25, 0.3) is 0 Å². The van der Waals surface area contributed by atoms with Crippen LogP contribution in [-0.2, 0) is 14.4 Å². The number of nitrogens with zero attached hydrogens (tertiary/aromatic N) is 2. The molecule has 1 saturated heterocycles. The molecular formula is C16H16N4O3S. The van der Waals surface area contributed by atoms with Crippen molar-refractivity contribution in [3.05, 3.63) is 41.9 Å². The molecule has 0 spiro atoms. The number of carbonyl (C=O) groups is 3. The SMILES string of the molecule is O=C(CNC(=O)C1CC(=O)N(c2ccccc2)C1)Nc1nccs1. The van der Waals surface area contributed by atoms with Crippen LogP contribution >= 0.6 is 11.3 Å². The topological polar surface area (TPSA) is 91.4 Å². The van der Waals surface area contributed by atoms with Gasteiger partial charge in [-0.3, -0.25) is 14.4 Å². The lowest BCUT2D eigenvalue weighted by Crippen LogP contribution is -2.37. The molecule has 1 aliphatic heterocycles. The average Bonchev–Trinajstić information content (AvgIpc) is 3.23. The summed E-state index contributed by atoms with van der Waals surface area (Å²) in [7, 11) is 0. The molecule has 1 fully saturated rings. The molecular weight excluding hydrogens is 328 g/mol. The van der Waals surface area contributed by atoms with Gasteiger partial charge in [0.1, 0.15) is 0 Å². The Labute approximate surface area is 142 Å². The molecule has 3 amide bonds. The summed E-state index contributed by atoms with van der Waals surface area (Å²) in [5, 5.41) is 7.40. The minimum atomic E-state index is -0.453. The fourth-order valence-corrected chi connectivity index (χ4v) is 3.05. The van der Waals surface area contributed by atoms with E-state index in [0.717, 1.165) is 5.69 Å². The number of hydrogen-bond acceptors (Lipinski definition) is 5. The van der Waals surface area contributed by atoms with E-state index in [-0.39, 0.29) is 30.7 Å². The predicted octanol–water partition coefficient (Wildman–Crippen LogP) is 1.25. The number of thiazole rings is 1. The zero-order valence-electron chi connectivity index (χ0n) is 12.8. The Balaban J connectivity index is 1.51. The molecule has 2 N–H and O–H groups in total. The first-order chi connectivity index (χ1) is 11.6. The van der Waals surface area contributed by atoms with E-state index in [0.29, 0.717) is 11.7 Å². The van der Waals surface area contributed by atoms with Crippen molar-refractivity contribution in [1.82, 2.24) is 10.3 Å². The normalized spacial score (nSPS) is 16.9. The molecule has 1 atom stereocenters. The maximum Gasteiger partial charge on any atom is 0.245 e. The van der Waals surface area contributed by atoms with E-state index >= 15 is 0 Å². The highest BCUT2D eigenvalue weighted by molar-refractivity contribution is 7.13. The number of aromatic nitrogens is 1. The van der Waals surface area contributed by atoms with Crippen LogP contribution in [0.4, 0.5) is 10.8 Å². The van der Waals surface area contributed by atoms with Crippen molar-refractivity contribution in [2.24, 2.45) is 5.92 Å². The fraction of sp³-hybridized carbons (Fsp3) is 0.250. The Kier molecular flexibility index (Phi) is 4.85. The van der Waals surface area contributed by atoms with E-state index in [1.165, 1.54) is 11.3 Å². The third-order valence-electron chi connectivity index (χ3n) is 3.67. The first-order valence-corrected chi connectivity index (χ1v) is 8.34. The standard InChI is InChI=1S/C16H16N4O3S/c21-13(19-16-17-6-7-24-16)9-18-15(23)11-8-14(22)20(10-11)12-4-2-1-3-5-12/h1-7,11H,8-10H2,(H,18,23)(H,17,19,21). The Morgan fingerprint density at radius 1 is 1.29 bits per heavy atom. The van der Waals surface area contributed by atoms with Crippen molar-refractivity contribution in [3.8, 4) is 0 Å². The summed E-state index contributed by atoms with van der Waals surface area (Å²) in [6, 6.07) is 9.23. The Morgan fingerprint density at radius 3 is 2.79 bits per heavy atom. The number of anilines is 2. The van der Waals surface area contributed by atoms with E-state index in [2.05, 4.69) is 15.6 Å². The summed E-state index contributed by atoms with van der Waals surface area (Å²) in [4.78, 5) is 41.6. The Bertz CT molecular complexity index is 733. The lowest BCUT2D eigenvalue weighted by Gasteiger charge is -2.16. The van der Waals surface area contributed by atoms with E-state index < -0.39 is 5.92 Å². The number of amides is 3. The van der Waals surface area contributed by atoms with Crippen LogP contribution in [0.2, 0.25) is 0 Å². The van der Waals surface area contributed by atoms with Crippen molar-refractivity contribution in [1.29, 1.82) is 0 Å². The van der Waals surface area contributed by atoms with E-state index in [1.54, 1.807) is 16.5 Å². The number of rotatable bonds is 5. The second kappa shape index (κ2) is 7.22. The van der Waals surface area contributed by atoms with Crippen molar-refractivity contribution in [2.45, 2.75) is 6.42 Å². The third kappa shape index (κ3) is 3.77. The van der Waals surface area contributed by atoms with Gasteiger partial charge in [-0.1, -0.05) is 18.2 Å². The number of para-hydroxylation sites is 1. The van der Waals surface area contributed by atoms with E-state index in [4.69, 9.17) is 0 Å². The zero-order chi connectivity index (χ0) is 16.9. The molecule has 2 aromatic rings. The molecule has 0 radical (unpaired) electrons. The van der Waals surface area contributed by atoms with Crippen LogP contribution in [0.15, 0.2) is 41.9 Å². The van der Waals surface area contributed by atoms with Gasteiger partial charge in [-0.2, -0.15) is 0 Å². The molecule has 0 aliphatic carbocycles. The van der Waals surface area contributed by atoms with Crippen LogP contribution in [0.25, 0.3) is 0 Å². The number of hydrogen-bond donors (Lipinski definition) is 2. The van der Waals surface area contributed by atoms with Crippen LogP contribution in [-0.4, -0.2) is 35.8 Å². The van der Waals surface area contributed by atoms with Crippen LogP contribution in [0.1, 0.15) is 6.42 Å². The molecule has 124 valence electrons. The van der Waals surface area contributed by atoms with Crippen molar-refractivity contribution >= 4 is 39.9 Å². The van der Waals surface area contributed by atoms with Gasteiger partial charge < -0.3 is 15.5 Å². The summed E-state index contributed by atoms with van der Waals surface area (Å²) < 4.78 is 0. The van der Waals surface area contributed by atoms with E-state index in [1.807, 2.05) is 30.3 Å². The molecule has 0 saturated carbocycles. The summed E-state index contributed by atoms with van der Waals surface area (Å²) >= 11 is 1.30. The molecule has 7 nitrogen and oxygen atoms in total. The van der Waals surface area contributed by atoms with Crippen molar-refractivity contribution in [2.75, 3.05) is 23.3 Å². The van der Waals surface area contributed by atoms with Crippen LogP contribution in [0.5, 0.6) is 0 Å². The average molecular weight is 344 g/mol. The summed E-state index contributed by atoms with van der Waals surface area (Å²) in [5.74, 6) is -1.18. The smallest absolute Gasteiger partial charge is 0.245 e. The predicted molar refractivity (Wildman–Crippen MR) is 90.7 cm³/mol. The highest BCUT2D eigenvalue weighted by atomic mass is 32.1. The summed E-state index contributed by atoms with van der Waals surface area (Å²) in [6.07, 6.45) is 1.73. The summed E-state index contributed by atoms with van der Waals surface area (Å²) in [5.41, 5.74) is 0.777. The van der Waals surface area contributed by atoms with Gasteiger partial charge in [0, 0.05) is 30.2 Å². The largest absolute Gasteiger partial charge is 0.347 e. The fourth-order valence-electron chi connectivity index (χ4n) is 2.50. The van der Waals surface area contributed by atoms with Gasteiger partial charge in [-0.25, -0.2) is 4.98 Å². The molecule has 2 heterocycles. The Morgan fingerprint density at radius 2 is 2.08 bits per heavy atom. The molecule has 8 heteroatoms. The second-order valence-corrected chi connectivity index (χ2v) is 6.24. The maximum absolute atomic E-state index is 12.2. The molecule has 24 heavy (non-hydrogen) atoms.